The number of hydrogen-bond acceptors (Lipinski definition) is 6. The lowest BCUT2D eigenvalue weighted by Gasteiger charge is -2.35. The molecule has 0 saturated carbocycles. The summed E-state index contributed by atoms with van der Waals surface area (Å²) in [7, 11) is 3.11. The molecule has 3 aromatic carbocycles. The molecule has 8 nitrogen and oxygen atoms in total. The van der Waals surface area contributed by atoms with E-state index < -0.39 is 0 Å². The maximum atomic E-state index is 12.7. The molecular formula is C28H27N3O5. The van der Waals surface area contributed by atoms with E-state index in [-0.39, 0.29) is 12.0 Å². The van der Waals surface area contributed by atoms with Crippen LogP contribution < -0.4 is 24.4 Å². The standard InChI is InChI=1S/C28H27N3O5/c1-34-25-17-22-23(27(32)29-24(22)18-26(25)35-2)16-19-8-10-21(11-9-19)36-28(33)31-14-12-30(13-15-31)20-6-4-3-5-7-20/h3-11,16-18H,12-15H2,1-2H3,(H,29,32). The second-order valence-electron chi connectivity index (χ2n) is 8.51. The Balaban J connectivity index is 1.23. The Hall–Kier alpha value is -4.46. The lowest BCUT2D eigenvalue weighted by Crippen LogP contribution is -2.49. The summed E-state index contributed by atoms with van der Waals surface area (Å²) in [5.41, 5.74) is 3.89. The van der Waals surface area contributed by atoms with E-state index in [2.05, 4.69) is 22.3 Å². The van der Waals surface area contributed by atoms with Crippen molar-refractivity contribution in [3.8, 4) is 17.2 Å². The first-order valence-electron chi connectivity index (χ1n) is 11.7. The maximum Gasteiger partial charge on any atom is 0.415 e. The van der Waals surface area contributed by atoms with Crippen LogP contribution in [-0.4, -0.2) is 57.3 Å². The van der Waals surface area contributed by atoms with E-state index >= 15 is 0 Å². The summed E-state index contributed by atoms with van der Waals surface area (Å²) >= 11 is 0. The highest BCUT2D eigenvalue weighted by Gasteiger charge is 2.27. The number of nitrogens with zero attached hydrogens (tertiary/aromatic N) is 2. The number of hydrogen-bond donors (Lipinski definition) is 1. The number of benzene rings is 3. The van der Waals surface area contributed by atoms with Crippen molar-refractivity contribution in [2.24, 2.45) is 0 Å². The van der Waals surface area contributed by atoms with Gasteiger partial charge in [0.1, 0.15) is 5.75 Å². The number of anilines is 2. The Labute approximate surface area is 209 Å². The van der Waals surface area contributed by atoms with Crippen molar-refractivity contribution in [3.05, 3.63) is 77.9 Å². The SMILES string of the molecule is COc1cc2c(cc1OC)C(=Cc1ccc(OC(=O)N3CCN(c4ccccc4)CC3)cc1)C(=O)N2. The molecule has 1 N–H and O–H groups in total. The Morgan fingerprint density at radius 2 is 1.56 bits per heavy atom. The lowest BCUT2D eigenvalue weighted by atomic mass is 10.0. The van der Waals surface area contributed by atoms with E-state index in [9.17, 15) is 9.59 Å². The first-order chi connectivity index (χ1) is 17.6. The second kappa shape index (κ2) is 10.0. The highest BCUT2D eigenvalue weighted by Crippen LogP contribution is 2.41. The van der Waals surface area contributed by atoms with Crippen LogP contribution in [-0.2, 0) is 4.79 Å². The van der Waals surface area contributed by atoms with Gasteiger partial charge in [-0.1, -0.05) is 30.3 Å². The monoisotopic (exact) mass is 485 g/mol. The van der Waals surface area contributed by atoms with Gasteiger partial charge in [-0.05, 0) is 42.0 Å². The van der Waals surface area contributed by atoms with Gasteiger partial charge in [-0.25, -0.2) is 4.79 Å². The first-order valence-corrected chi connectivity index (χ1v) is 11.7. The Kier molecular flexibility index (Phi) is 6.49. The molecule has 2 heterocycles. The zero-order valence-electron chi connectivity index (χ0n) is 20.2. The molecule has 0 aliphatic carbocycles. The quantitative estimate of drug-likeness (QED) is 0.536. The predicted octanol–water partition coefficient (Wildman–Crippen LogP) is 4.52. The van der Waals surface area contributed by atoms with Crippen LogP contribution in [0.15, 0.2) is 66.7 Å². The van der Waals surface area contributed by atoms with Gasteiger partial charge >= 0.3 is 6.09 Å². The molecule has 2 aliphatic heterocycles. The van der Waals surface area contributed by atoms with Crippen molar-refractivity contribution in [1.82, 2.24) is 4.90 Å². The van der Waals surface area contributed by atoms with E-state index in [0.29, 0.717) is 41.6 Å². The van der Waals surface area contributed by atoms with Crippen molar-refractivity contribution >= 4 is 35.0 Å². The molecule has 2 amide bonds. The molecule has 1 fully saturated rings. The van der Waals surface area contributed by atoms with Crippen LogP contribution in [0.5, 0.6) is 17.2 Å². The van der Waals surface area contributed by atoms with Crippen LogP contribution in [0.4, 0.5) is 16.2 Å². The molecule has 36 heavy (non-hydrogen) atoms. The van der Waals surface area contributed by atoms with E-state index in [1.54, 1.807) is 49.5 Å². The number of carbonyl (C=O) groups is 2. The largest absolute Gasteiger partial charge is 0.493 e. The molecule has 0 bridgehead atoms. The van der Waals surface area contributed by atoms with E-state index in [0.717, 1.165) is 29.9 Å². The predicted molar refractivity (Wildman–Crippen MR) is 139 cm³/mol. The van der Waals surface area contributed by atoms with Gasteiger partial charge in [0.25, 0.3) is 5.91 Å². The van der Waals surface area contributed by atoms with E-state index in [1.165, 1.54) is 0 Å². The molecule has 0 atom stereocenters. The maximum absolute atomic E-state index is 12.7. The van der Waals surface area contributed by atoms with Crippen LogP contribution in [0, 0.1) is 0 Å². The molecule has 0 aromatic heterocycles. The summed E-state index contributed by atoms with van der Waals surface area (Å²) in [5.74, 6) is 1.34. The molecule has 184 valence electrons. The van der Waals surface area contributed by atoms with Gasteiger partial charge in [0.15, 0.2) is 11.5 Å². The first kappa shape index (κ1) is 23.3. The zero-order valence-corrected chi connectivity index (χ0v) is 20.2. The van der Waals surface area contributed by atoms with Gasteiger partial charge < -0.3 is 29.3 Å². The summed E-state index contributed by atoms with van der Waals surface area (Å²) in [6.45, 7) is 2.71. The topological polar surface area (TPSA) is 80.3 Å². The smallest absolute Gasteiger partial charge is 0.415 e. The van der Waals surface area contributed by atoms with Gasteiger partial charge in [0.2, 0.25) is 0 Å². The fourth-order valence-electron chi connectivity index (χ4n) is 4.41. The van der Waals surface area contributed by atoms with Crippen molar-refractivity contribution in [2.75, 3.05) is 50.6 Å². The van der Waals surface area contributed by atoms with Crippen LogP contribution in [0.25, 0.3) is 11.6 Å². The number of amides is 2. The van der Waals surface area contributed by atoms with Crippen LogP contribution in [0.3, 0.4) is 0 Å². The summed E-state index contributed by atoms with van der Waals surface area (Å²) in [6, 6.07) is 20.8. The van der Waals surface area contributed by atoms with Gasteiger partial charge in [-0.3, -0.25) is 4.79 Å². The molecule has 5 rings (SSSR count). The lowest BCUT2D eigenvalue weighted by molar-refractivity contribution is -0.110. The van der Waals surface area contributed by atoms with Crippen molar-refractivity contribution in [3.63, 3.8) is 0 Å². The molecule has 2 aliphatic rings. The van der Waals surface area contributed by atoms with Gasteiger partial charge in [-0.15, -0.1) is 0 Å². The molecule has 1 saturated heterocycles. The van der Waals surface area contributed by atoms with Gasteiger partial charge in [-0.2, -0.15) is 0 Å². The number of fused-ring (bicyclic) bond motifs is 1. The van der Waals surface area contributed by atoms with Crippen molar-refractivity contribution in [2.45, 2.75) is 0 Å². The number of ether oxygens (including phenoxy) is 3. The third kappa shape index (κ3) is 4.70. The van der Waals surface area contributed by atoms with E-state index in [4.69, 9.17) is 14.2 Å². The molecule has 0 radical (unpaired) electrons. The Bertz CT molecular complexity index is 1300. The normalized spacial score (nSPS) is 15.9. The third-order valence-corrected chi connectivity index (χ3v) is 6.36. The van der Waals surface area contributed by atoms with Crippen LogP contribution in [0.1, 0.15) is 11.1 Å². The fraction of sp³-hybridized carbons (Fsp3) is 0.214. The molecule has 3 aromatic rings. The molecular weight excluding hydrogens is 458 g/mol. The highest BCUT2D eigenvalue weighted by atomic mass is 16.6. The molecule has 0 spiro atoms. The van der Waals surface area contributed by atoms with Crippen LogP contribution >= 0.6 is 0 Å². The number of piperazine rings is 1. The average Bonchev–Trinajstić information content (AvgIpc) is 3.22. The minimum Gasteiger partial charge on any atom is -0.493 e. The zero-order chi connectivity index (χ0) is 25.1. The van der Waals surface area contributed by atoms with Crippen molar-refractivity contribution < 1.29 is 23.8 Å². The average molecular weight is 486 g/mol. The minimum absolute atomic E-state index is 0.203. The fourth-order valence-corrected chi connectivity index (χ4v) is 4.41. The number of para-hydroxylation sites is 1. The highest BCUT2D eigenvalue weighted by molar-refractivity contribution is 6.35. The number of nitrogens with one attached hydrogen (secondary N) is 1. The number of methoxy groups -OCH3 is 2. The number of rotatable bonds is 5. The second-order valence-corrected chi connectivity index (χ2v) is 8.51. The third-order valence-electron chi connectivity index (χ3n) is 6.36. The summed E-state index contributed by atoms with van der Waals surface area (Å²) < 4.78 is 16.3. The van der Waals surface area contributed by atoms with Crippen LogP contribution in [0.2, 0.25) is 0 Å². The summed E-state index contributed by atoms with van der Waals surface area (Å²) in [6.07, 6.45) is 1.43. The van der Waals surface area contributed by atoms with Gasteiger partial charge in [0.05, 0.1) is 19.9 Å². The molecule has 8 heteroatoms. The molecule has 0 unspecified atom stereocenters. The minimum atomic E-state index is -0.362. The Morgan fingerprint density at radius 3 is 2.22 bits per heavy atom. The Morgan fingerprint density at radius 1 is 0.889 bits per heavy atom. The summed E-state index contributed by atoms with van der Waals surface area (Å²) in [5, 5.41) is 2.86. The van der Waals surface area contributed by atoms with Gasteiger partial charge in [0, 0.05) is 49.1 Å². The van der Waals surface area contributed by atoms with E-state index in [1.807, 2.05) is 30.3 Å². The summed E-state index contributed by atoms with van der Waals surface area (Å²) in [4.78, 5) is 29.2. The number of carbonyl (C=O) groups excluding carboxylic acids is 2. The van der Waals surface area contributed by atoms with Crippen molar-refractivity contribution in [1.29, 1.82) is 0 Å².